The summed E-state index contributed by atoms with van der Waals surface area (Å²) < 4.78 is 0. The number of carbonyl (C=O) groups excluding carboxylic acids is 1. The Morgan fingerprint density at radius 2 is 2.42 bits per heavy atom. The molecule has 0 saturated carbocycles. The van der Waals surface area contributed by atoms with Crippen LogP contribution in [0.25, 0.3) is 0 Å². The van der Waals surface area contributed by atoms with Crippen molar-refractivity contribution in [3.8, 4) is 0 Å². The summed E-state index contributed by atoms with van der Waals surface area (Å²) in [5.74, 6) is 0.136. The predicted molar refractivity (Wildman–Crippen MR) is 76.5 cm³/mol. The molecule has 1 N–H and O–H groups in total. The zero-order chi connectivity index (χ0) is 13.1. The van der Waals surface area contributed by atoms with Crippen LogP contribution < -0.4 is 5.32 Å². The molecule has 1 saturated heterocycles. The van der Waals surface area contributed by atoms with Crippen molar-refractivity contribution in [1.82, 2.24) is 9.88 Å². The van der Waals surface area contributed by atoms with Crippen LogP contribution in [0, 0.1) is 0 Å². The van der Waals surface area contributed by atoms with Gasteiger partial charge in [0.05, 0.1) is 11.3 Å². The summed E-state index contributed by atoms with van der Waals surface area (Å²) in [5.41, 5.74) is 1.81. The molecule has 1 amide bonds. The van der Waals surface area contributed by atoms with E-state index in [0.717, 1.165) is 30.8 Å². The molecule has 1 aliphatic heterocycles. The Bertz CT molecular complexity index is 541. The molecule has 19 heavy (non-hydrogen) atoms. The van der Waals surface area contributed by atoms with Crippen LogP contribution in [0.4, 0.5) is 5.69 Å². The molecule has 1 unspecified atom stereocenters. The number of amides is 1. The van der Waals surface area contributed by atoms with Gasteiger partial charge in [-0.3, -0.25) is 9.78 Å². The first kappa shape index (κ1) is 12.2. The molecular weight excluding hydrogens is 258 g/mol. The number of nitrogens with one attached hydrogen (secondary N) is 1. The highest BCUT2D eigenvalue weighted by atomic mass is 32.1. The molecule has 0 spiro atoms. The minimum absolute atomic E-state index is 0.136. The van der Waals surface area contributed by atoms with Crippen LogP contribution in [0.3, 0.4) is 0 Å². The average molecular weight is 273 g/mol. The first-order valence-corrected chi connectivity index (χ1v) is 7.25. The normalized spacial score (nSPS) is 18.5. The Morgan fingerprint density at radius 1 is 1.47 bits per heavy atom. The summed E-state index contributed by atoms with van der Waals surface area (Å²) >= 11 is 1.56. The van der Waals surface area contributed by atoms with Crippen LogP contribution >= 0.6 is 11.3 Å². The van der Waals surface area contributed by atoms with E-state index in [4.69, 9.17) is 0 Å². The fourth-order valence-corrected chi connectivity index (χ4v) is 2.94. The average Bonchev–Trinajstić information content (AvgIpc) is 3.10. The lowest BCUT2D eigenvalue weighted by atomic mass is 10.2. The predicted octanol–water partition coefficient (Wildman–Crippen LogP) is 2.47. The lowest BCUT2D eigenvalue weighted by Crippen LogP contribution is -2.31. The SMILES string of the molecule is O=C(c1ccsc1)N1CCC(Nc2cccnc2)C1. The van der Waals surface area contributed by atoms with Gasteiger partial charge < -0.3 is 10.2 Å². The number of rotatable bonds is 3. The van der Waals surface area contributed by atoms with Gasteiger partial charge in [-0.2, -0.15) is 11.3 Å². The van der Waals surface area contributed by atoms with E-state index in [-0.39, 0.29) is 5.91 Å². The molecule has 0 radical (unpaired) electrons. The number of thiophene rings is 1. The third kappa shape index (κ3) is 2.76. The van der Waals surface area contributed by atoms with Crippen LogP contribution in [-0.2, 0) is 0 Å². The van der Waals surface area contributed by atoms with Crippen molar-refractivity contribution in [1.29, 1.82) is 0 Å². The van der Waals surface area contributed by atoms with E-state index in [0.29, 0.717) is 6.04 Å². The number of likely N-dealkylation sites (tertiary alicyclic amines) is 1. The molecule has 3 rings (SSSR count). The maximum atomic E-state index is 12.2. The summed E-state index contributed by atoms with van der Waals surface area (Å²) in [6.07, 6.45) is 4.54. The largest absolute Gasteiger partial charge is 0.379 e. The highest BCUT2D eigenvalue weighted by Gasteiger charge is 2.26. The molecule has 98 valence electrons. The summed E-state index contributed by atoms with van der Waals surface area (Å²) in [4.78, 5) is 18.2. The molecule has 0 bridgehead atoms. The van der Waals surface area contributed by atoms with E-state index in [9.17, 15) is 4.79 Å². The Balaban J connectivity index is 1.60. The van der Waals surface area contributed by atoms with Gasteiger partial charge in [-0.25, -0.2) is 0 Å². The first-order chi connectivity index (χ1) is 9.33. The quantitative estimate of drug-likeness (QED) is 0.934. The van der Waals surface area contributed by atoms with Crippen LogP contribution in [-0.4, -0.2) is 34.9 Å². The van der Waals surface area contributed by atoms with Crippen molar-refractivity contribution in [3.05, 3.63) is 46.9 Å². The van der Waals surface area contributed by atoms with Crippen LogP contribution in [0.5, 0.6) is 0 Å². The Labute approximate surface area is 116 Å². The third-order valence-corrected chi connectivity index (χ3v) is 3.96. The molecule has 1 atom stereocenters. The number of hydrogen-bond donors (Lipinski definition) is 1. The number of aromatic nitrogens is 1. The van der Waals surface area contributed by atoms with Gasteiger partial charge in [0.25, 0.3) is 5.91 Å². The molecule has 0 aromatic carbocycles. The molecule has 3 heterocycles. The van der Waals surface area contributed by atoms with Crippen molar-refractivity contribution in [2.75, 3.05) is 18.4 Å². The van der Waals surface area contributed by atoms with Crippen molar-refractivity contribution in [2.45, 2.75) is 12.5 Å². The van der Waals surface area contributed by atoms with Gasteiger partial charge in [0.2, 0.25) is 0 Å². The second-order valence-corrected chi connectivity index (χ2v) is 5.41. The summed E-state index contributed by atoms with van der Waals surface area (Å²) in [6.45, 7) is 1.57. The molecule has 5 heteroatoms. The summed E-state index contributed by atoms with van der Waals surface area (Å²) in [7, 11) is 0. The van der Waals surface area contributed by atoms with Gasteiger partial charge in [0.1, 0.15) is 0 Å². The Morgan fingerprint density at radius 3 is 3.16 bits per heavy atom. The van der Waals surface area contributed by atoms with Crippen LogP contribution in [0.15, 0.2) is 41.4 Å². The van der Waals surface area contributed by atoms with E-state index in [2.05, 4.69) is 10.3 Å². The van der Waals surface area contributed by atoms with Gasteiger partial charge in [-0.05, 0) is 30.0 Å². The van der Waals surface area contributed by atoms with E-state index in [1.807, 2.05) is 40.1 Å². The van der Waals surface area contributed by atoms with Crippen LogP contribution in [0.1, 0.15) is 16.8 Å². The molecule has 0 aliphatic carbocycles. The Hall–Kier alpha value is -1.88. The molecule has 2 aromatic rings. The number of anilines is 1. The highest BCUT2D eigenvalue weighted by Crippen LogP contribution is 2.18. The van der Waals surface area contributed by atoms with Gasteiger partial charge in [-0.1, -0.05) is 0 Å². The summed E-state index contributed by atoms with van der Waals surface area (Å²) in [5, 5.41) is 7.26. The summed E-state index contributed by atoms with van der Waals surface area (Å²) in [6, 6.07) is 6.10. The van der Waals surface area contributed by atoms with E-state index in [1.165, 1.54) is 0 Å². The molecule has 2 aromatic heterocycles. The number of nitrogens with zero attached hydrogens (tertiary/aromatic N) is 2. The smallest absolute Gasteiger partial charge is 0.254 e. The van der Waals surface area contributed by atoms with Crippen molar-refractivity contribution in [3.63, 3.8) is 0 Å². The standard InChI is InChI=1S/C14H15N3OS/c18-14(11-4-7-19-10-11)17-6-3-13(9-17)16-12-2-1-5-15-8-12/h1-2,4-5,7-8,10,13,16H,3,6,9H2. The van der Waals surface area contributed by atoms with Gasteiger partial charge in [-0.15, -0.1) is 0 Å². The zero-order valence-electron chi connectivity index (χ0n) is 10.5. The fourth-order valence-electron chi connectivity index (χ4n) is 2.32. The maximum Gasteiger partial charge on any atom is 0.254 e. The van der Waals surface area contributed by atoms with Crippen molar-refractivity contribution in [2.24, 2.45) is 0 Å². The van der Waals surface area contributed by atoms with Gasteiger partial charge in [0, 0.05) is 36.9 Å². The van der Waals surface area contributed by atoms with Gasteiger partial charge >= 0.3 is 0 Å². The molecule has 1 aliphatic rings. The second kappa shape index (κ2) is 5.40. The van der Waals surface area contributed by atoms with E-state index < -0.39 is 0 Å². The zero-order valence-corrected chi connectivity index (χ0v) is 11.3. The molecular formula is C14H15N3OS. The highest BCUT2D eigenvalue weighted by molar-refractivity contribution is 7.08. The lowest BCUT2D eigenvalue weighted by Gasteiger charge is -2.17. The van der Waals surface area contributed by atoms with Crippen LogP contribution in [0.2, 0.25) is 0 Å². The van der Waals surface area contributed by atoms with E-state index >= 15 is 0 Å². The minimum Gasteiger partial charge on any atom is -0.379 e. The monoisotopic (exact) mass is 273 g/mol. The lowest BCUT2D eigenvalue weighted by molar-refractivity contribution is 0.0792. The van der Waals surface area contributed by atoms with Gasteiger partial charge in [0.15, 0.2) is 0 Å². The number of pyridine rings is 1. The number of hydrogen-bond acceptors (Lipinski definition) is 4. The minimum atomic E-state index is 0.136. The third-order valence-electron chi connectivity index (χ3n) is 3.28. The topological polar surface area (TPSA) is 45.2 Å². The molecule has 4 nitrogen and oxygen atoms in total. The first-order valence-electron chi connectivity index (χ1n) is 6.31. The molecule has 1 fully saturated rings. The van der Waals surface area contributed by atoms with E-state index in [1.54, 1.807) is 17.5 Å². The second-order valence-electron chi connectivity index (χ2n) is 4.63. The van der Waals surface area contributed by atoms with Crippen molar-refractivity contribution >= 4 is 22.9 Å². The maximum absolute atomic E-state index is 12.2. The fraction of sp³-hybridized carbons (Fsp3) is 0.286. The van der Waals surface area contributed by atoms with Crippen molar-refractivity contribution < 1.29 is 4.79 Å². The number of carbonyl (C=O) groups is 1. The Kier molecular flexibility index (Phi) is 3.46.